The lowest BCUT2D eigenvalue weighted by Gasteiger charge is -2.45. The summed E-state index contributed by atoms with van der Waals surface area (Å²) < 4.78 is 11.6. The molecule has 6 nitrogen and oxygen atoms in total. The molecule has 2 aromatic rings. The van der Waals surface area contributed by atoms with Gasteiger partial charge in [-0.05, 0) is 32.9 Å². The van der Waals surface area contributed by atoms with E-state index in [0.29, 0.717) is 31.3 Å². The smallest absolute Gasteiger partial charge is 0.410 e. The van der Waals surface area contributed by atoms with Crippen LogP contribution in [0, 0.1) is 11.5 Å². The molecule has 2 aliphatic rings. The minimum absolute atomic E-state index is 0.0431. The average Bonchev–Trinajstić information content (AvgIpc) is 2.69. The maximum atomic E-state index is 12.6. The molecule has 8 heteroatoms. The van der Waals surface area contributed by atoms with Crippen LogP contribution in [-0.4, -0.2) is 61.9 Å². The zero-order chi connectivity index (χ0) is 23.3. The van der Waals surface area contributed by atoms with Crippen LogP contribution in [0.3, 0.4) is 0 Å². The first-order chi connectivity index (χ1) is 14.9. The molecule has 0 N–H and O–H groups in total. The van der Waals surface area contributed by atoms with Crippen molar-refractivity contribution in [1.29, 1.82) is 0 Å². The van der Waals surface area contributed by atoms with Gasteiger partial charge in [-0.25, -0.2) is 4.79 Å². The Balaban J connectivity index is 1.69. The van der Waals surface area contributed by atoms with Gasteiger partial charge in [0.1, 0.15) is 20.3 Å². The largest absolute Gasteiger partial charge is 0.488 e. The van der Waals surface area contributed by atoms with Crippen molar-refractivity contribution < 1.29 is 14.3 Å². The number of ether oxygens (including phenoxy) is 2. The summed E-state index contributed by atoms with van der Waals surface area (Å²) in [6.45, 7) is 14.6. The fourth-order valence-corrected chi connectivity index (χ4v) is 4.62. The molecule has 2 aliphatic heterocycles. The number of hydrogen-bond acceptors (Lipinski definition) is 5. The molecular weight excluding hydrogens is 442 g/mol. The Morgan fingerprint density at radius 3 is 2.72 bits per heavy atom. The van der Waals surface area contributed by atoms with E-state index in [4.69, 9.17) is 21.1 Å². The number of pyridine rings is 1. The van der Waals surface area contributed by atoms with Crippen molar-refractivity contribution in [3.63, 3.8) is 0 Å². The molecule has 4 rings (SSSR count). The zero-order valence-electron chi connectivity index (χ0n) is 19.6. The highest BCUT2D eigenvalue weighted by Gasteiger charge is 2.37. The van der Waals surface area contributed by atoms with Gasteiger partial charge >= 0.3 is 6.09 Å². The van der Waals surface area contributed by atoms with Gasteiger partial charge in [-0.1, -0.05) is 37.2 Å². The van der Waals surface area contributed by atoms with E-state index in [9.17, 15) is 4.79 Å². The molecule has 0 aliphatic carbocycles. The molecule has 32 heavy (non-hydrogen) atoms. The van der Waals surface area contributed by atoms with Crippen LogP contribution in [0.5, 0.6) is 5.75 Å². The predicted octanol–water partition coefficient (Wildman–Crippen LogP) is 4.94. The molecule has 0 unspecified atom stereocenters. The molecule has 1 atom stereocenters. The van der Waals surface area contributed by atoms with E-state index < -0.39 is 13.7 Å². The lowest BCUT2D eigenvalue weighted by Crippen LogP contribution is -2.59. The van der Waals surface area contributed by atoms with Crippen LogP contribution in [0.25, 0.3) is 10.9 Å². The van der Waals surface area contributed by atoms with Crippen LogP contribution in [0.1, 0.15) is 26.3 Å². The number of aromatic nitrogens is 1. The number of carbonyl (C=O) groups is 1. The van der Waals surface area contributed by atoms with Crippen molar-refractivity contribution in [1.82, 2.24) is 9.88 Å². The fraction of sp³-hybridized carbons (Fsp3) is 0.500. The van der Waals surface area contributed by atoms with E-state index in [1.54, 1.807) is 11.1 Å². The number of hydrogen-bond donors (Lipinski definition) is 0. The topological polar surface area (TPSA) is 54.9 Å². The highest BCUT2D eigenvalue weighted by Crippen LogP contribution is 2.41. The summed E-state index contributed by atoms with van der Waals surface area (Å²) in [7, 11) is -1.54. The highest BCUT2D eigenvalue weighted by atomic mass is 35.5. The maximum absolute atomic E-state index is 12.6. The van der Waals surface area contributed by atoms with Gasteiger partial charge in [-0.3, -0.25) is 4.98 Å². The quantitative estimate of drug-likeness (QED) is 0.402. The number of benzene rings is 1. The predicted molar refractivity (Wildman–Crippen MR) is 131 cm³/mol. The third-order valence-electron chi connectivity index (χ3n) is 5.32. The first-order valence-electron chi connectivity index (χ1n) is 10.9. The SMILES string of the molecule is CC(C)(C)OC(=O)N1CCN2c3c(cnc4cc(Cl)c(C#C[Si](C)(C)C)cc34)OC[C@H]2C1. The average molecular weight is 472 g/mol. The van der Waals surface area contributed by atoms with Gasteiger partial charge < -0.3 is 19.3 Å². The summed E-state index contributed by atoms with van der Waals surface area (Å²) >= 11 is 6.53. The van der Waals surface area contributed by atoms with E-state index in [1.165, 1.54) is 0 Å². The lowest BCUT2D eigenvalue weighted by atomic mass is 10.0. The molecule has 1 amide bonds. The molecule has 1 fully saturated rings. The second kappa shape index (κ2) is 8.16. The van der Waals surface area contributed by atoms with E-state index in [2.05, 4.69) is 41.0 Å². The van der Waals surface area contributed by atoms with Crippen molar-refractivity contribution >= 4 is 42.4 Å². The van der Waals surface area contributed by atoms with Crippen LogP contribution < -0.4 is 9.64 Å². The van der Waals surface area contributed by atoms with Crippen LogP contribution in [-0.2, 0) is 4.74 Å². The number of rotatable bonds is 0. The van der Waals surface area contributed by atoms with Crippen LogP contribution in [0.15, 0.2) is 18.3 Å². The molecule has 1 aromatic heterocycles. The molecule has 0 saturated carbocycles. The van der Waals surface area contributed by atoms with Gasteiger partial charge in [-0.2, -0.15) is 0 Å². The number of piperazine rings is 1. The number of amides is 1. The third-order valence-corrected chi connectivity index (χ3v) is 6.51. The monoisotopic (exact) mass is 471 g/mol. The van der Waals surface area contributed by atoms with Gasteiger partial charge in [0.15, 0.2) is 5.75 Å². The number of anilines is 1. The number of carbonyl (C=O) groups excluding carboxylic acids is 1. The third kappa shape index (κ3) is 4.82. The lowest BCUT2D eigenvalue weighted by molar-refractivity contribution is 0.0195. The van der Waals surface area contributed by atoms with Crippen molar-refractivity contribution in [3.05, 3.63) is 28.9 Å². The van der Waals surface area contributed by atoms with Gasteiger partial charge in [0.2, 0.25) is 0 Å². The summed E-state index contributed by atoms with van der Waals surface area (Å²) in [5, 5.41) is 1.58. The Kier molecular flexibility index (Phi) is 5.80. The van der Waals surface area contributed by atoms with Gasteiger partial charge in [0.25, 0.3) is 0 Å². The van der Waals surface area contributed by atoms with Gasteiger partial charge in [0.05, 0.1) is 28.5 Å². The Morgan fingerprint density at radius 1 is 1.28 bits per heavy atom. The molecule has 0 spiro atoms. The standard InChI is InChI=1S/C24H30ClN3O3Si/c1-24(2,3)31-23(29)27-8-9-28-17(14-27)15-30-21-13-26-20-12-19(25)16(7-10-32(4,5)6)11-18(20)22(21)28/h11-13,17H,8-9,14-15H2,1-6H3/t17-/m1/s1. The van der Waals surface area contributed by atoms with Crippen molar-refractivity contribution in [2.75, 3.05) is 31.1 Å². The molecule has 0 bridgehead atoms. The van der Waals surface area contributed by atoms with E-state index >= 15 is 0 Å². The minimum Gasteiger partial charge on any atom is -0.488 e. The number of nitrogens with zero attached hydrogens (tertiary/aromatic N) is 3. The van der Waals surface area contributed by atoms with Gasteiger partial charge in [-0.15, -0.1) is 5.54 Å². The van der Waals surface area contributed by atoms with Gasteiger partial charge in [0, 0.05) is 30.6 Å². The van der Waals surface area contributed by atoms with Crippen molar-refractivity contribution in [2.45, 2.75) is 52.1 Å². The summed E-state index contributed by atoms with van der Waals surface area (Å²) in [6, 6.07) is 3.95. The highest BCUT2D eigenvalue weighted by molar-refractivity contribution is 6.83. The fourth-order valence-electron chi connectivity index (χ4n) is 3.90. The molecule has 170 valence electrons. The number of fused-ring (bicyclic) bond motifs is 5. The maximum Gasteiger partial charge on any atom is 0.410 e. The van der Waals surface area contributed by atoms with Crippen molar-refractivity contribution in [2.24, 2.45) is 0 Å². The Hall–Kier alpha value is -2.43. The molecule has 0 radical (unpaired) electrons. The Bertz CT molecular complexity index is 1130. The number of halogens is 1. The second-order valence-electron chi connectivity index (χ2n) is 10.4. The summed E-state index contributed by atoms with van der Waals surface area (Å²) in [4.78, 5) is 21.3. The minimum atomic E-state index is -1.54. The van der Waals surface area contributed by atoms with Crippen molar-refractivity contribution in [3.8, 4) is 17.2 Å². The van der Waals surface area contributed by atoms with Crippen LogP contribution in [0.4, 0.5) is 10.5 Å². The Morgan fingerprint density at radius 2 is 2.03 bits per heavy atom. The Labute approximate surface area is 195 Å². The second-order valence-corrected chi connectivity index (χ2v) is 15.6. The summed E-state index contributed by atoms with van der Waals surface area (Å²) in [5.41, 5.74) is 5.51. The summed E-state index contributed by atoms with van der Waals surface area (Å²) in [5.74, 6) is 4.05. The normalized spacial score (nSPS) is 18.3. The molecule has 3 heterocycles. The van der Waals surface area contributed by atoms with E-state index in [-0.39, 0.29) is 12.1 Å². The first-order valence-corrected chi connectivity index (χ1v) is 14.8. The van der Waals surface area contributed by atoms with E-state index in [1.807, 2.05) is 32.9 Å². The van der Waals surface area contributed by atoms with Crippen LogP contribution >= 0.6 is 11.6 Å². The zero-order valence-corrected chi connectivity index (χ0v) is 21.3. The first kappa shape index (κ1) is 22.7. The molecule has 1 aromatic carbocycles. The van der Waals surface area contributed by atoms with E-state index in [0.717, 1.165) is 27.9 Å². The molecule has 1 saturated heterocycles. The summed E-state index contributed by atoms with van der Waals surface area (Å²) in [6.07, 6.45) is 1.48. The van der Waals surface area contributed by atoms with Crippen LogP contribution in [0.2, 0.25) is 24.7 Å². The molecular formula is C24H30ClN3O3Si.